The Hall–Kier alpha value is -0.870. The van der Waals surface area contributed by atoms with Gasteiger partial charge < -0.3 is 0 Å². The molecule has 1 aromatic carbocycles. The minimum absolute atomic E-state index is 0.353. The van der Waals surface area contributed by atoms with Gasteiger partial charge in [-0.1, -0.05) is 43.7 Å². The second kappa shape index (κ2) is 8.42. The maximum atomic E-state index is 11.6. The Labute approximate surface area is 123 Å². The zero-order valence-corrected chi connectivity index (χ0v) is 13.6. The van der Waals surface area contributed by atoms with Gasteiger partial charge >= 0.3 is 0 Å². The zero-order valence-electron chi connectivity index (χ0n) is 12.8. The highest BCUT2D eigenvalue weighted by atomic mass is 32.2. The van der Waals surface area contributed by atoms with Crippen LogP contribution in [0.25, 0.3) is 0 Å². The maximum Gasteiger partial charge on any atom is 0.213 e. The van der Waals surface area contributed by atoms with Gasteiger partial charge in [0.2, 0.25) is 10.0 Å². The van der Waals surface area contributed by atoms with Crippen molar-refractivity contribution in [3.8, 4) is 0 Å². The van der Waals surface area contributed by atoms with Crippen molar-refractivity contribution in [2.24, 2.45) is 5.92 Å². The van der Waals surface area contributed by atoms with Crippen LogP contribution in [0.5, 0.6) is 0 Å². The summed E-state index contributed by atoms with van der Waals surface area (Å²) in [4.78, 5) is 0. The summed E-state index contributed by atoms with van der Waals surface area (Å²) in [6, 6.07) is 10.5. The summed E-state index contributed by atoms with van der Waals surface area (Å²) in [5, 5.41) is -0.353. The number of nitrogens with one attached hydrogen (secondary N) is 1. The predicted octanol–water partition coefficient (Wildman–Crippen LogP) is 3.36. The van der Waals surface area contributed by atoms with Crippen LogP contribution < -0.4 is 4.72 Å². The van der Waals surface area contributed by atoms with Crippen molar-refractivity contribution in [3.05, 3.63) is 35.9 Å². The van der Waals surface area contributed by atoms with Crippen molar-refractivity contribution in [1.82, 2.24) is 4.72 Å². The molecule has 1 rings (SSSR count). The monoisotopic (exact) mass is 297 g/mol. The topological polar surface area (TPSA) is 46.2 Å². The summed E-state index contributed by atoms with van der Waals surface area (Å²) in [5.41, 5.74) is 1.36. The summed E-state index contributed by atoms with van der Waals surface area (Å²) in [7, 11) is -3.11. The first-order valence-corrected chi connectivity index (χ1v) is 9.02. The van der Waals surface area contributed by atoms with Gasteiger partial charge in [-0.25, -0.2) is 13.1 Å². The van der Waals surface area contributed by atoms with Crippen LogP contribution >= 0.6 is 0 Å². The van der Waals surface area contributed by atoms with Crippen LogP contribution in [-0.2, 0) is 16.4 Å². The van der Waals surface area contributed by atoms with Gasteiger partial charge in [0.25, 0.3) is 0 Å². The van der Waals surface area contributed by atoms with Gasteiger partial charge in [0.1, 0.15) is 0 Å². The average molecular weight is 297 g/mol. The Morgan fingerprint density at radius 1 is 1.15 bits per heavy atom. The SMILES string of the molecule is CCC(CCCNS(=O)(=O)C(C)C)Cc1ccccc1. The van der Waals surface area contributed by atoms with Crippen molar-refractivity contribution in [3.63, 3.8) is 0 Å². The predicted molar refractivity (Wildman–Crippen MR) is 85.2 cm³/mol. The summed E-state index contributed by atoms with van der Waals surface area (Å²) in [5.74, 6) is 0.626. The largest absolute Gasteiger partial charge is 0.215 e. The normalized spacial score (nSPS) is 13.6. The van der Waals surface area contributed by atoms with Crippen molar-refractivity contribution in [2.75, 3.05) is 6.54 Å². The number of hydrogen-bond acceptors (Lipinski definition) is 2. The first kappa shape index (κ1) is 17.2. The van der Waals surface area contributed by atoms with E-state index < -0.39 is 10.0 Å². The summed E-state index contributed by atoms with van der Waals surface area (Å²) < 4.78 is 25.9. The van der Waals surface area contributed by atoms with E-state index >= 15 is 0 Å². The van der Waals surface area contributed by atoms with Crippen molar-refractivity contribution < 1.29 is 8.42 Å². The molecule has 1 atom stereocenters. The highest BCUT2D eigenvalue weighted by molar-refractivity contribution is 7.90. The van der Waals surface area contributed by atoms with Gasteiger partial charge in [0, 0.05) is 6.54 Å². The molecule has 1 N–H and O–H groups in total. The maximum absolute atomic E-state index is 11.6. The molecule has 0 saturated heterocycles. The number of hydrogen-bond donors (Lipinski definition) is 1. The highest BCUT2D eigenvalue weighted by Crippen LogP contribution is 2.17. The van der Waals surface area contributed by atoms with Gasteiger partial charge in [0.05, 0.1) is 5.25 Å². The fourth-order valence-electron chi connectivity index (χ4n) is 2.17. The fourth-order valence-corrected chi connectivity index (χ4v) is 2.93. The Balaban J connectivity index is 2.32. The van der Waals surface area contributed by atoms with Crippen LogP contribution in [0.4, 0.5) is 0 Å². The summed E-state index contributed by atoms with van der Waals surface area (Å²) in [6.07, 6.45) is 4.17. The lowest BCUT2D eigenvalue weighted by Crippen LogP contribution is -2.31. The molecule has 20 heavy (non-hydrogen) atoms. The summed E-state index contributed by atoms with van der Waals surface area (Å²) >= 11 is 0. The molecular formula is C16H27NO2S. The smallest absolute Gasteiger partial charge is 0.213 e. The van der Waals surface area contributed by atoms with Crippen LogP contribution in [0, 0.1) is 5.92 Å². The third-order valence-electron chi connectivity index (χ3n) is 3.66. The van der Waals surface area contributed by atoms with E-state index in [1.165, 1.54) is 5.56 Å². The molecule has 3 nitrogen and oxygen atoms in total. The van der Waals surface area contributed by atoms with E-state index in [2.05, 4.69) is 35.9 Å². The second-order valence-corrected chi connectivity index (χ2v) is 7.92. The molecule has 0 radical (unpaired) electrons. The van der Waals surface area contributed by atoms with Crippen LogP contribution in [0.1, 0.15) is 45.6 Å². The average Bonchev–Trinajstić information content (AvgIpc) is 2.43. The Morgan fingerprint density at radius 3 is 2.35 bits per heavy atom. The van der Waals surface area contributed by atoms with E-state index in [-0.39, 0.29) is 5.25 Å². The number of benzene rings is 1. The molecule has 0 spiro atoms. The quantitative estimate of drug-likeness (QED) is 0.710. The van der Waals surface area contributed by atoms with Gasteiger partial charge in [-0.15, -0.1) is 0 Å². The van der Waals surface area contributed by atoms with Crippen LogP contribution in [0.3, 0.4) is 0 Å². The lowest BCUT2D eigenvalue weighted by molar-refractivity contribution is 0.450. The van der Waals surface area contributed by atoms with E-state index in [4.69, 9.17) is 0 Å². The molecule has 0 aliphatic carbocycles. The molecule has 0 aliphatic rings. The zero-order chi connectivity index (χ0) is 15.0. The van der Waals surface area contributed by atoms with E-state index in [1.54, 1.807) is 13.8 Å². The molecule has 0 amide bonds. The molecule has 0 fully saturated rings. The van der Waals surface area contributed by atoms with E-state index in [9.17, 15) is 8.42 Å². The van der Waals surface area contributed by atoms with E-state index in [0.29, 0.717) is 12.5 Å². The molecule has 0 saturated carbocycles. The third kappa shape index (κ3) is 6.06. The van der Waals surface area contributed by atoms with Gasteiger partial charge in [0.15, 0.2) is 0 Å². The molecule has 4 heteroatoms. The molecule has 0 bridgehead atoms. The minimum Gasteiger partial charge on any atom is -0.215 e. The van der Waals surface area contributed by atoms with Crippen LogP contribution in [-0.4, -0.2) is 20.2 Å². The second-order valence-electron chi connectivity index (χ2n) is 5.59. The standard InChI is InChI=1S/C16H27NO2S/c1-4-15(13-16-9-6-5-7-10-16)11-8-12-17-20(18,19)14(2)3/h5-7,9-10,14-15,17H,4,8,11-13H2,1-3H3. The summed E-state index contributed by atoms with van der Waals surface area (Å²) in [6.45, 7) is 6.15. The molecule has 114 valence electrons. The molecule has 1 unspecified atom stereocenters. The molecule has 0 heterocycles. The van der Waals surface area contributed by atoms with Gasteiger partial charge in [-0.2, -0.15) is 0 Å². The Bertz CT molecular complexity index is 469. The van der Waals surface area contributed by atoms with Crippen LogP contribution in [0.15, 0.2) is 30.3 Å². The first-order valence-electron chi connectivity index (χ1n) is 7.48. The van der Waals surface area contributed by atoms with Crippen molar-refractivity contribution in [2.45, 2.75) is 51.7 Å². The van der Waals surface area contributed by atoms with E-state index in [1.807, 2.05) is 6.07 Å². The van der Waals surface area contributed by atoms with Gasteiger partial charge in [-0.05, 0) is 44.6 Å². The van der Waals surface area contributed by atoms with Crippen LogP contribution in [0.2, 0.25) is 0 Å². The third-order valence-corrected chi connectivity index (χ3v) is 5.51. The van der Waals surface area contributed by atoms with Gasteiger partial charge in [-0.3, -0.25) is 0 Å². The fraction of sp³-hybridized carbons (Fsp3) is 0.625. The highest BCUT2D eigenvalue weighted by Gasteiger charge is 2.14. The van der Waals surface area contributed by atoms with E-state index in [0.717, 1.165) is 25.7 Å². The molecule has 0 aliphatic heterocycles. The molecular weight excluding hydrogens is 270 g/mol. The number of rotatable bonds is 9. The Morgan fingerprint density at radius 2 is 1.80 bits per heavy atom. The lowest BCUT2D eigenvalue weighted by Gasteiger charge is -2.15. The number of sulfonamides is 1. The van der Waals surface area contributed by atoms with Crippen molar-refractivity contribution in [1.29, 1.82) is 0 Å². The first-order chi connectivity index (χ1) is 9.45. The molecule has 1 aromatic rings. The lowest BCUT2D eigenvalue weighted by atomic mass is 9.93. The molecule has 0 aromatic heterocycles. The Kier molecular flexibility index (Phi) is 7.24. The minimum atomic E-state index is -3.11. The van der Waals surface area contributed by atoms with Crippen molar-refractivity contribution >= 4 is 10.0 Å².